The summed E-state index contributed by atoms with van der Waals surface area (Å²) in [5.41, 5.74) is -0.674. The van der Waals surface area contributed by atoms with Crippen LogP contribution in [-0.2, 0) is 36.7 Å². The van der Waals surface area contributed by atoms with Gasteiger partial charge in [0.05, 0.1) is 23.6 Å². The number of nitrogens with one attached hydrogen (secondary N) is 3. The predicted octanol–water partition coefficient (Wildman–Crippen LogP) is 5.14. The number of phenols is 1. The topological polar surface area (TPSA) is 176 Å². The van der Waals surface area contributed by atoms with E-state index in [1.54, 1.807) is 27.7 Å². The van der Waals surface area contributed by atoms with Crippen molar-refractivity contribution in [1.29, 1.82) is 0 Å². The van der Waals surface area contributed by atoms with Crippen molar-refractivity contribution in [3.8, 4) is 11.5 Å². The number of hydrogen-bond acceptors (Lipinski definition) is 13. The van der Waals surface area contributed by atoms with E-state index in [0.717, 1.165) is 43.2 Å². The lowest BCUT2D eigenvalue weighted by Crippen LogP contribution is -2.65. The third kappa shape index (κ3) is 9.52. The Morgan fingerprint density at radius 3 is 2.64 bits per heavy atom. The molecule has 7 aliphatic rings. The highest BCUT2D eigenvalue weighted by Crippen LogP contribution is 2.48. The Morgan fingerprint density at radius 2 is 1.86 bits per heavy atom. The minimum absolute atomic E-state index is 0.0158. The molecule has 2 aliphatic carbocycles. The summed E-state index contributed by atoms with van der Waals surface area (Å²) in [6.07, 6.45) is 11.6. The van der Waals surface area contributed by atoms with Crippen LogP contribution in [0.15, 0.2) is 24.3 Å². The van der Waals surface area contributed by atoms with Gasteiger partial charge in [0.2, 0.25) is 5.91 Å². The van der Waals surface area contributed by atoms with Crippen molar-refractivity contribution in [2.45, 2.75) is 151 Å². The highest BCUT2D eigenvalue weighted by atomic mass is 33.1. The molecule has 58 heavy (non-hydrogen) atoms. The molecule has 0 unspecified atom stereocenters. The average Bonchev–Trinajstić information content (AvgIpc) is 3.20. The summed E-state index contributed by atoms with van der Waals surface area (Å²) in [7, 11) is 5.13. The van der Waals surface area contributed by atoms with E-state index in [2.05, 4.69) is 28.1 Å². The molecule has 1 aromatic rings. The molecule has 322 valence electrons. The third-order valence-corrected chi connectivity index (χ3v) is 17.2. The number of fused-ring (bicyclic) bond motifs is 10. The van der Waals surface area contributed by atoms with Gasteiger partial charge in [-0.2, -0.15) is 0 Å². The molecule has 12 nitrogen and oxygen atoms in total. The molecule has 10 atom stereocenters. The van der Waals surface area contributed by atoms with Crippen molar-refractivity contribution in [3.05, 3.63) is 35.4 Å². The maximum absolute atomic E-state index is 15.1. The van der Waals surface area contributed by atoms with E-state index in [1.807, 2.05) is 20.0 Å². The zero-order valence-corrected chi connectivity index (χ0v) is 36.1. The van der Waals surface area contributed by atoms with Crippen molar-refractivity contribution in [2.75, 3.05) is 32.5 Å². The minimum Gasteiger partial charge on any atom is -0.504 e. The number of amides is 1. The molecular weight excluding hydrogens is 779 g/mol. The number of carbonyl (C=O) groups is 3. The molecule has 5 aliphatic heterocycles. The Morgan fingerprint density at radius 1 is 1.05 bits per heavy atom. The molecule has 8 rings (SSSR count). The standard InChI is InChI=1S/C44H65N3O9S2/c1-27(48)55-34(28-15-17-42(2,53)26-57-58-35-13-10-29(23-28)39(51)38(35)45-3)24-36(56-41(52)44-16-5-4-7-31(44)11-14-37(50)47-44)43(18-20-46-21-19-43)25-30-9-12-33(49)40-32(30)8-6-22-54-40/h9-10,12-13,28-29,31,34-36,38-39,45-46,49,51,53H,4-8,11,14-26H2,1-3H3,(H,47,50)/t28-,29+,31-,34+,35-,36-,38-,39-,42+,44-/m1/s1. The van der Waals surface area contributed by atoms with Crippen LogP contribution in [0.4, 0.5) is 0 Å². The summed E-state index contributed by atoms with van der Waals surface area (Å²) in [5.74, 6) is -0.380. The summed E-state index contributed by atoms with van der Waals surface area (Å²) in [4.78, 5) is 41.3. The van der Waals surface area contributed by atoms with Crippen molar-refractivity contribution >= 4 is 39.4 Å². The number of likely N-dealkylation sites (N-methyl/N-ethyl adjacent to an activating group) is 1. The summed E-state index contributed by atoms with van der Waals surface area (Å²) in [6.45, 7) is 5.20. The quantitative estimate of drug-likeness (QED) is 0.104. The van der Waals surface area contributed by atoms with Crippen molar-refractivity contribution in [1.82, 2.24) is 16.0 Å². The van der Waals surface area contributed by atoms with Crippen LogP contribution < -0.4 is 20.7 Å². The van der Waals surface area contributed by atoms with Crippen molar-refractivity contribution in [2.24, 2.45) is 23.2 Å². The van der Waals surface area contributed by atoms with Gasteiger partial charge in [-0.15, -0.1) is 0 Å². The van der Waals surface area contributed by atoms with Gasteiger partial charge in [-0.05, 0) is 121 Å². The molecule has 1 saturated carbocycles. The van der Waals surface area contributed by atoms with E-state index in [4.69, 9.17) is 14.2 Å². The van der Waals surface area contributed by atoms with Crippen LogP contribution in [0.2, 0.25) is 0 Å². The number of esters is 2. The van der Waals surface area contributed by atoms with Crippen LogP contribution >= 0.6 is 21.6 Å². The second-order valence-electron chi connectivity index (χ2n) is 18.3. The van der Waals surface area contributed by atoms with Gasteiger partial charge in [0, 0.05) is 48.5 Å². The van der Waals surface area contributed by atoms with Gasteiger partial charge >= 0.3 is 11.9 Å². The van der Waals surface area contributed by atoms with Gasteiger partial charge < -0.3 is 45.5 Å². The first kappa shape index (κ1) is 43.6. The molecule has 2 bridgehead atoms. The Kier molecular flexibility index (Phi) is 14.0. The largest absolute Gasteiger partial charge is 0.504 e. The third-order valence-electron chi connectivity index (χ3n) is 14.3. The van der Waals surface area contributed by atoms with E-state index in [0.29, 0.717) is 89.0 Å². The molecule has 5 heterocycles. The van der Waals surface area contributed by atoms with Crippen LogP contribution in [0.3, 0.4) is 0 Å². The normalized spacial score (nSPS) is 34.7. The molecule has 0 spiro atoms. The zero-order chi connectivity index (χ0) is 41.1. The summed E-state index contributed by atoms with van der Waals surface area (Å²) in [5, 5.41) is 44.3. The number of aliphatic hydroxyl groups excluding tert-OH is 1. The number of piperidine rings is 2. The SMILES string of the molecule is CN[C@H]1[C@H](O)[C@H]2C=C[C@H]1SSC[C@@](C)(O)CC[C@@H]([C@H](C[C@@H](OC(=O)[C@@]13CCCC[C@@H]1CCC(=O)N3)C1(Cc3ccc(O)c4c3CCCO4)CCNCC1)OC(C)=O)C2. The van der Waals surface area contributed by atoms with Crippen molar-refractivity contribution < 1.29 is 43.9 Å². The Bertz CT molecular complexity index is 1670. The molecule has 1 aromatic carbocycles. The molecule has 4 fully saturated rings. The number of ether oxygens (including phenoxy) is 3. The van der Waals surface area contributed by atoms with Gasteiger partial charge in [-0.1, -0.05) is 52.6 Å². The Balaban J connectivity index is 1.30. The second-order valence-corrected chi connectivity index (χ2v) is 20.8. The van der Waals surface area contributed by atoms with E-state index in [9.17, 15) is 24.9 Å². The number of carbonyl (C=O) groups excluding carboxylic acids is 3. The van der Waals surface area contributed by atoms with Gasteiger partial charge in [0.15, 0.2) is 11.5 Å². The molecule has 0 radical (unpaired) electrons. The fourth-order valence-electron chi connectivity index (χ4n) is 11.0. The molecule has 1 amide bonds. The number of phenolic OH excluding ortho intramolecular Hbond substituents is 1. The van der Waals surface area contributed by atoms with Gasteiger partial charge in [0.25, 0.3) is 0 Å². The summed E-state index contributed by atoms with van der Waals surface area (Å²) in [6, 6.07) is 3.46. The Labute approximate surface area is 351 Å². The number of benzene rings is 1. The number of aromatic hydroxyl groups is 1. The molecule has 0 aromatic heterocycles. The molecule has 14 heteroatoms. The lowest BCUT2D eigenvalue weighted by molar-refractivity contribution is -0.180. The van der Waals surface area contributed by atoms with Crippen LogP contribution in [0.1, 0.15) is 108 Å². The number of rotatable bonds is 10. The monoisotopic (exact) mass is 843 g/mol. The highest BCUT2D eigenvalue weighted by molar-refractivity contribution is 8.77. The van der Waals surface area contributed by atoms with Gasteiger partial charge in [-0.3, -0.25) is 9.59 Å². The van der Waals surface area contributed by atoms with Crippen LogP contribution in [0, 0.1) is 23.2 Å². The van der Waals surface area contributed by atoms with Gasteiger partial charge in [0.1, 0.15) is 17.7 Å². The van der Waals surface area contributed by atoms with E-state index in [-0.39, 0.29) is 47.1 Å². The van der Waals surface area contributed by atoms with E-state index in [1.165, 1.54) is 6.92 Å². The number of aliphatic hydroxyl groups is 2. The first-order valence-corrected chi connectivity index (χ1v) is 24.1. The van der Waals surface area contributed by atoms with E-state index < -0.39 is 46.8 Å². The fourth-order valence-corrected chi connectivity index (χ4v) is 14.1. The first-order chi connectivity index (χ1) is 27.8. The van der Waals surface area contributed by atoms with Crippen molar-refractivity contribution in [3.63, 3.8) is 0 Å². The highest BCUT2D eigenvalue weighted by Gasteiger charge is 2.54. The summed E-state index contributed by atoms with van der Waals surface area (Å²) >= 11 is 0. The lowest BCUT2D eigenvalue weighted by atomic mass is 9.66. The van der Waals surface area contributed by atoms with Crippen LogP contribution in [0.5, 0.6) is 11.5 Å². The fraction of sp³-hybridized carbons (Fsp3) is 0.750. The summed E-state index contributed by atoms with van der Waals surface area (Å²) < 4.78 is 19.4. The molecule has 6 N–H and O–H groups in total. The lowest BCUT2D eigenvalue weighted by Gasteiger charge is -2.49. The smallest absolute Gasteiger partial charge is 0.332 e. The molecular formula is C44H65N3O9S2. The first-order valence-electron chi connectivity index (χ1n) is 21.7. The number of hydrogen-bond donors (Lipinski definition) is 6. The van der Waals surface area contributed by atoms with Crippen LogP contribution in [-0.4, -0.2) is 106 Å². The van der Waals surface area contributed by atoms with Crippen LogP contribution in [0.25, 0.3) is 0 Å². The zero-order valence-electron chi connectivity index (χ0n) is 34.5. The van der Waals surface area contributed by atoms with Gasteiger partial charge in [-0.25, -0.2) is 4.79 Å². The second kappa shape index (κ2) is 18.6. The maximum Gasteiger partial charge on any atom is 0.332 e. The minimum atomic E-state index is -1.11. The molecule has 3 saturated heterocycles. The average molecular weight is 844 g/mol. The predicted molar refractivity (Wildman–Crippen MR) is 226 cm³/mol. The maximum atomic E-state index is 15.1. The van der Waals surface area contributed by atoms with E-state index >= 15 is 4.79 Å². The Hall–Kier alpha value is -2.49.